The van der Waals surface area contributed by atoms with Gasteiger partial charge in [0.2, 0.25) is 0 Å². The lowest BCUT2D eigenvalue weighted by Crippen LogP contribution is -2.28. The average molecular weight is 834 g/mol. The van der Waals surface area contributed by atoms with Crippen LogP contribution < -0.4 is 4.90 Å². The summed E-state index contributed by atoms with van der Waals surface area (Å²) in [7, 11) is 0. The van der Waals surface area contributed by atoms with Crippen molar-refractivity contribution in [2.24, 2.45) is 0 Å². The molecule has 13 rings (SSSR count). The second kappa shape index (κ2) is 14.0. The maximum atomic E-state index is 2.54. The number of hydrogen-bond donors (Lipinski definition) is 0. The molecule has 0 amide bonds. The van der Waals surface area contributed by atoms with Crippen molar-refractivity contribution in [3.05, 3.63) is 258 Å². The van der Waals surface area contributed by atoms with Crippen molar-refractivity contribution in [1.82, 2.24) is 0 Å². The first-order chi connectivity index (χ1) is 31.5. The number of rotatable bonds is 6. The fourth-order valence-corrected chi connectivity index (χ4v) is 12.6. The van der Waals surface area contributed by atoms with E-state index >= 15 is 0 Å². The first-order valence-corrected chi connectivity index (χ1v) is 23.2. The predicted molar refractivity (Wildman–Crippen MR) is 272 cm³/mol. The van der Waals surface area contributed by atoms with E-state index in [0.29, 0.717) is 0 Å². The van der Waals surface area contributed by atoms with Crippen LogP contribution in [0.5, 0.6) is 0 Å². The molecule has 0 spiro atoms. The minimum absolute atomic E-state index is 0.202. The lowest BCUT2D eigenvalue weighted by molar-refractivity contribution is 0.661. The second-order valence-electron chi connectivity index (χ2n) is 18.0. The Hall–Kier alpha value is -7.52. The molecule has 2 heteroatoms. The zero-order valence-corrected chi connectivity index (χ0v) is 36.5. The molecule has 302 valence electrons. The van der Waals surface area contributed by atoms with Crippen LogP contribution in [0.1, 0.15) is 47.2 Å². The Morgan fingerprint density at radius 3 is 1.64 bits per heavy atom. The van der Waals surface area contributed by atoms with Gasteiger partial charge in [-0.2, -0.15) is 0 Å². The lowest BCUT2D eigenvalue weighted by atomic mass is 9.67. The van der Waals surface area contributed by atoms with Crippen LogP contribution in [0.3, 0.4) is 0 Å². The van der Waals surface area contributed by atoms with Crippen LogP contribution >= 0.6 is 11.3 Å². The van der Waals surface area contributed by atoms with Crippen LogP contribution in [0.4, 0.5) is 17.1 Å². The van der Waals surface area contributed by atoms with Gasteiger partial charge in [0.05, 0.1) is 11.1 Å². The standard InChI is InChI=1S/C62H43NS/c1-61(2)54-37-41-19-10-9-18-40(41)36-52(54)48-35-33-44(38-55(48)61)63(57-29-15-12-25-49(57)50-27-17-31-59-60(50)51-26-13-16-30-58(51)64-59)45-32-34-47-46-24-11-14-28-53(46)62(56(47)39-45,42-20-5-3-6-21-42)43-22-7-4-8-23-43/h3-39H,1-2H3. The first kappa shape index (κ1) is 37.1. The molecule has 0 fully saturated rings. The molecule has 1 nitrogen and oxygen atoms in total. The maximum absolute atomic E-state index is 2.54. The maximum Gasteiger partial charge on any atom is 0.0714 e. The molecule has 1 aromatic heterocycles. The van der Waals surface area contributed by atoms with Crippen LogP contribution in [0, 0.1) is 0 Å². The molecule has 0 atom stereocenters. The van der Waals surface area contributed by atoms with Gasteiger partial charge in [-0.1, -0.05) is 184 Å². The molecule has 0 saturated carbocycles. The van der Waals surface area contributed by atoms with E-state index in [1.807, 2.05) is 11.3 Å². The summed E-state index contributed by atoms with van der Waals surface area (Å²) in [5.41, 5.74) is 18.2. The average Bonchev–Trinajstić information content (AvgIpc) is 3.95. The van der Waals surface area contributed by atoms with Gasteiger partial charge in [-0.3, -0.25) is 0 Å². The van der Waals surface area contributed by atoms with Crippen molar-refractivity contribution in [2.75, 3.05) is 4.90 Å². The van der Waals surface area contributed by atoms with Gasteiger partial charge < -0.3 is 4.90 Å². The van der Waals surface area contributed by atoms with Crippen LogP contribution in [-0.2, 0) is 10.8 Å². The molecular formula is C62H43NS. The number of para-hydroxylation sites is 1. The van der Waals surface area contributed by atoms with Crippen LogP contribution in [-0.4, -0.2) is 0 Å². The van der Waals surface area contributed by atoms with Gasteiger partial charge in [0.1, 0.15) is 0 Å². The molecular weight excluding hydrogens is 791 g/mol. The van der Waals surface area contributed by atoms with Crippen molar-refractivity contribution in [1.29, 1.82) is 0 Å². The van der Waals surface area contributed by atoms with Gasteiger partial charge in [0, 0.05) is 42.5 Å². The van der Waals surface area contributed by atoms with E-state index in [9.17, 15) is 0 Å². The molecule has 2 aliphatic carbocycles. The number of fused-ring (bicyclic) bond motifs is 10. The Balaban J connectivity index is 1.09. The third-order valence-corrected chi connectivity index (χ3v) is 15.5. The fourth-order valence-electron chi connectivity index (χ4n) is 11.4. The molecule has 0 aliphatic heterocycles. The van der Waals surface area contributed by atoms with Gasteiger partial charge in [-0.25, -0.2) is 0 Å². The fraction of sp³-hybridized carbons (Fsp3) is 0.0645. The number of hydrogen-bond acceptors (Lipinski definition) is 2. The van der Waals surface area contributed by atoms with E-state index in [-0.39, 0.29) is 5.41 Å². The summed E-state index contributed by atoms with van der Waals surface area (Å²) in [6, 6.07) is 84.2. The monoisotopic (exact) mass is 833 g/mol. The minimum atomic E-state index is -0.527. The van der Waals surface area contributed by atoms with E-state index in [4.69, 9.17) is 0 Å². The SMILES string of the molecule is CC1(C)c2cc(N(c3ccc4c(c3)C(c3ccccc3)(c3ccccc3)c3ccccc3-4)c3ccccc3-c3cccc4sc5ccccc5c34)ccc2-c2cc3ccccc3cc21. The largest absolute Gasteiger partial charge is 0.310 e. The summed E-state index contributed by atoms with van der Waals surface area (Å²) in [5.74, 6) is 0. The summed E-state index contributed by atoms with van der Waals surface area (Å²) in [6.45, 7) is 4.80. The zero-order chi connectivity index (χ0) is 42.6. The van der Waals surface area contributed by atoms with Crippen LogP contribution in [0.15, 0.2) is 224 Å². The highest BCUT2D eigenvalue weighted by Crippen LogP contribution is 2.58. The normalized spacial score (nSPS) is 14.0. The molecule has 0 bridgehead atoms. The molecule has 11 aromatic rings. The van der Waals surface area contributed by atoms with E-state index in [1.54, 1.807) is 0 Å². The van der Waals surface area contributed by atoms with Crippen LogP contribution in [0.2, 0.25) is 0 Å². The number of benzene rings is 10. The van der Waals surface area contributed by atoms with Gasteiger partial charge in [0.25, 0.3) is 0 Å². The molecule has 10 aromatic carbocycles. The minimum Gasteiger partial charge on any atom is -0.310 e. The first-order valence-electron chi connectivity index (χ1n) is 22.3. The Labute approximate surface area is 378 Å². The molecule has 0 unspecified atom stereocenters. The number of thiophene rings is 1. The smallest absolute Gasteiger partial charge is 0.0714 e. The molecule has 0 saturated heterocycles. The van der Waals surface area contributed by atoms with Crippen molar-refractivity contribution in [3.8, 4) is 33.4 Å². The van der Waals surface area contributed by atoms with Crippen LogP contribution in [0.25, 0.3) is 64.3 Å². The molecule has 2 aliphatic rings. The molecule has 0 radical (unpaired) electrons. The van der Waals surface area contributed by atoms with Gasteiger partial charge in [0.15, 0.2) is 0 Å². The van der Waals surface area contributed by atoms with E-state index < -0.39 is 5.41 Å². The Morgan fingerprint density at radius 2 is 0.891 bits per heavy atom. The highest BCUT2D eigenvalue weighted by Gasteiger charge is 2.46. The molecule has 64 heavy (non-hydrogen) atoms. The third kappa shape index (κ3) is 5.24. The van der Waals surface area contributed by atoms with Gasteiger partial charge in [-0.15, -0.1) is 11.3 Å². The molecule has 0 N–H and O–H groups in total. The van der Waals surface area contributed by atoms with Gasteiger partial charge in [-0.05, 0) is 127 Å². The Bertz CT molecular complexity index is 3610. The van der Waals surface area contributed by atoms with E-state index in [0.717, 1.165) is 17.1 Å². The topological polar surface area (TPSA) is 3.24 Å². The van der Waals surface area contributed by atoms with Gasteiger partial charge >= 0.3 is 0 Å². The van der Waals surface area contributed by atoms with E-state index in [1.165, 1.54) is 97.7 Å². The summed E-state index contributed by atoms with van der Waals surface area (Å²) in [4.78, 5) is 2.54. The third-order valence-electron chi connectivity index (χ3n) is 14.3. The highest BCUT2D eigenvalue weighted by molar-refractivity contribution is 7.25. The zero-order valence-electron chi connectivity index (χ0n) is 35.7. The number of anilines is 3. The quantitative estimate of drug-likeness (QED) is 0.161. The summed E-state index contributed by atoms with van der Waals surface area (Å²) in [5, 5.41) is 5.17. The lowest BCUT2D eigenvalue weighted by Gasteiger charge is -2.35. The van der Waals surface area contributed by atoms with Crippen molar-refractivity contribution >= 4 is 59.3 Å². The summed E-state index contributed by atoms with van der Waals surface area (Å²) in [6.07, 6.45) is 0. The Kier molecular flexibility index (Phi) is 8.11. The van der Waals surface area contributed by atoms with Crippen molar-refractivity contribution in [2.45, 2.75) is 24.7 Å². The van der Waals surface area contributed by atoms with Crippen molar-refractivity contribution in [3.63, 3.8) is 0 Å². The summed E-state index contributed by atoms with van der Waals surface area (Å²) < 4.78 is 2.61. The molecule has 1 heterocycles. The Morgan fingerprint density at radius 1 is 0.359 bits per heavy atom. The summed E-state index contributed by atoms with van der Waals surface area (Å²) >= 11 is 1.87. The van der Waals surface area contributed by atoms with Crippen molar-refractivity contribution < 1.29 is 0 Å². The van der Waals surface area contributed by atoms with E-state index in [2.05, 4.69) is 243 Å². The number of nitrogens with zero attached hydrogens (tertiary/aromatic N) is 1. The second-order valence-corrected chi connectivity index (χ2v) is 19.1. The predicted octanol–water partition coefficient (Wildman–Crippen LogP) is 17.0. The highest BCUT2D eigenvalue weighted by atomic mass is 32.1.